The number of carbonyl (C=O) groups excluding carboxylic acids is 2. The Labute approximate surface area is 506 Å². The van der Waals surface area contributed by atoms with E-state index >= 15 is 9.59 Å². The molecule has 4 fully saturated rings. The van der Waals surface area contributed by atoms with Crippen LogP contribution in [0.15, 0.2) is 158 Å². The highest BCUT2D eigenvalue weighted by Crippen LogP contribution is 2.39. The molecule has 20 atom stereocenters. The van der Waals surface area contributed by atoms with Gasteiger partial charge in [-0.05, 0) is 57.3 Å². The predicted molar refractivity (Wildman–Crippen MR) is 307 cm³/mol. The number of aliphatic hydroxyl groups excluding tert-OH is 12. The van der Waals surface area contributed by atoms with Gasteiger partial charge in [-0.2, -0.15) is 0 Å². The molecule has 0 unspecified atom stereocenters. The van der Waals surface area contributed by atoms with Crippen molar-refractivity contribution in [2.24, 2.45) is 0 Å². The lowest BCUT2D eigenvalue weighted by Crippen LogP contribution is -2.73. The lowest BCUT2D eigenvalue weighted by molar-refractivity contribution is -0.319. The van der Waals surface area contributed by atoms with Gasteiger partial charge in [-0.3, -0.25) is 9.59 Å². The van der Waals surface area contributed by atoms with E-state index in [1.807, 2.05) is 0 Å². The third-order valence-electron chi connectivity index (χ3n) is 16.5. The lowest BCUT2D eigenvalue weighted by atomic mass is 9.89. The first kappa shape index (κ1) is 64.7. The molecule has 4 saturated heterocycles. The van der Waals surface area contributed by atoms with Crippen molar-refractivity contribution < 1.29 is 109 Å². The first-order valence-corrected chi connectivity index (χ1v) is 29.0. The van der Waals surface area contributed by atoms with Gasteiger partial charge in [-0.1, -0.05) is 133 Å². The maximum Gasteiger partial charge on any atom is 0.254 e. The Kier molecular flexibility index (Phi) is 21.7. The van der Waals surface area contributed by atoms with E-state index in [-0.39, 0.29) is 37.6 Å². The van der Waals surface area contributed by atoms with Crippen LogP contribution in [0.2, 0.25) is 0 Å². The summed E-state index contributed by atoms with van der Waals surface area (Å²) in [7, 11) is 0. The Bertz CT molecular complexity index is 2810. The molecule has 12 N–H and O–H groups in total. The fourth-order valence-electron chi connectivity index (χ4n) is 11.8. The van der Waals surface area contributed by atoms with Crippen molar-refractivity contribution in [2.75, 3.05) is 26.4 Å². The summed E-state index contributed by atoms with van der Waals surface area (Å²) >= 11 is 0. The van der Waals surface area contributed by atoms with Gasteiger partial charge >= 0.3 is 0 Å². The standard InChI is InChI=1S/C64H74N2O22/c67-27-43-51(71)55(75)47(61(85-43)81-31-35-13-5-1-6-14-35)65(48-56(76)52(72)44(28-68)86-62(48)82-32-36-15-7-2-8-16-36)59(79)41-23-21-40-26-42(24-22-39(40)25-41)60(80)66(49-57(77)53(73)45(29-69)87-63(49)83-33-37-17-9-3-10-18-37)50-58(78)54(74)46(30-70)88-64(50)84-34-38-19-11-4-12-20-38/h1-26,43-58,61-64,67-78H,27-34H2/t43-,44-,45-,46-,47+,48+,49+,50+,51-,52-,53-,54-,55-,56-,57-,58-,61+,62+,63+,64+/m1/s1. The van der Waals surface area contributed by atoms with E-state index in [9.17, 15) is 61.3 Å². The van der Waals surface area contributed by atoms with Crippen LogP contribution in [0, 0.1) is 0 Å². The predicted octanol–water partition coefficient (Wildman–Crippen LogP) is -0.178. The molecule has 472 valence electrons. The fourth-order valence-corrected chi connectivity index (χ4v) is 11.8. The minimum Gasteiger partial charge on any atom is -0.394 e. The number of rotatable bonds is 22. The highest BCUT2D eigenvalue weighted by Gasteiger charge is 2.59. The molecule has 24 nitrogen and oxygen atoms in total. The van der Waals surface area contributed by atoms with Gasteiger partial charge in [0.2, 0.25) is 0 Å². The number of benzene rings is 6. The number of hydrogen-bond donors (Lipinski definition) is 12. The highest BCUT2D eigenvalue weighted by atomic mass is 16.7. The molecular weight excluding hydrogens is 1150 g/mol. The lowest BCUT2D eigenvalue weighted by Gasteiger charge is -2.53. The summed E-state index contributed by atoms with van der Waals surface area (Å²) in [6.07, 6.45) is -27.8. The second-order valence-electron chi connectivity index (χ2n) is 22.2. The Hall–Kier alpha value is -6.28. The van der Waals surface area contributed by atoms with Crippen LogP contribution < -0.4 is 0 Å². The molecule has 0 bridgehead atoms. The zero-order valence-corrected chi connectivity index (χ0v) is 47.6. The summed E-state index contributed by atoms with van der Waals surface area (Å²) in [6, 6.07) is 36.5. The molecule has 0 spiro atoms. The van der Waals surface area contributed by atoms with Crippen LogP contribution in [-0.2, 0) is 64.3 Å². The van der Waals surface area contributed by atoms with E-state index in [0.717, 1.165) is 9.80 Å². The highest BCUT2D eigenvalue weighted by molar-refractivity contribution is 6.02. The maximum absolute atomic E-state index is 15.8. The summed E-state index contributed by atoms with van der Waals surface area (Å²) in [5.74, 6) is -1.95. The van der Waals surface area contributed by atoms with Crippen LogP contribution in [0.4, 0.5) is 0 Å². The van der Waals surface area contributed by atoms with Gasteiger partial charge in [0.15, 0.2) is 25.2 Å². The minimum absolute atomic E-state index is 0.143. The van der Waals surface area contributed by atoms with Crippen molar-refractivity contribution in [3.8, 4) is 0 Å². The summed E-state index contributed by atoms with van der Waals surface area (Å²) in [5.41, 5.74) is 2.23. The van der Waals surface area contributed by atoms with E-state index in [4.69, 9.17) is 37.9 Å². The van der Waals surface area contributed by atoms with E-state index in [1.54, 1.807) is 121 Å². The average Bonchev–Trinajstić information content (AvgIpc) is 0.954. The van der Waals surface area contributed by atoms with Crippen molar-refractivity contribution >= 4 is 22.6 Å². The number of amides is 2. The first-order valence-electron chi connectivity index (χ1n) is 29.0. The van der Waals surface area contributed by atoms with Gasteiger partial charge in [0.1, 0.15) is 97.4 Å². The van der Waals surface area contributed by atoms with Crippen LogP contribution >= 0.6 is 0 Å². The van der Waals surface area contributed by atoms with Crippen molar-refractivity contribution in [3.63, 3.8) is 0 Å². The van der Waals surface area contributed by atoms with Gasteiger partial charge < -0.3 is 109 Å². The number of ether oxygens (including phenoxy) is 8. The summed E-state index contributed by atoms with van der Waals surface area (Å²) in [5, 5.41) is 137. The Morgan fingerprint density at radius 2 is 0.557 bits per heavy atom. The van der Waals surface area contributed by atoms with Crippen LogP contribution in [0.5, 0.6) is 0 Å². The summed E-state index contributed by atoms with van der Waals surface area (Å²) in [4.78, 5) is 33.5. The second-order valence-corrected chi connectivity index (χ2v) is 22.2. The molecule has 4 heterocycles. The minimum atomic E-state index is -1.98. The monoisotopic (exact) mass is 1220 g/mol. The van der Waals surface area contributed by atoms with E-state index < -0.39 is 161 Å². The maximum atomic E-state index is 15.8. The van der Waals surface area contributed by atoms with Crippen molar-refractivity contribution in [3.05, 3.63) is 191 Å². The second kappa shape index (κ2) is 29.6. The molecular formula is C64H74N2O22. The smallest absolute Gasteiger partial charge is 0.254 e. The van der Waals surface area contributed by atoms with Gasteiger partial charge in [-0.15, -0.1) is 0 Å². The molecule has 0 saturated carbocycles. The average molecular weight is 1220 g/mol. The number of hydrogen-bond acceptors (Lipinski definition) is 22. The molecule has 10 rings (SSSR count). The normalized spacial score (nSPS) is 32.5. The number of carbonyl (C=O) groups is 2. The molecule has 88 heavy (non-hydrogen) atoms. The molecule has 2 amide bonds. The molecule has 0 radical (unpaired) electrons. The van der Waals surface area contributed by atoms with Crippen LogP contribution in [0.1, 0.15) is 43.0 Å². The van der Waals surface area contributed by atoms with Gasteiger partial charge in [0.25, 0.3) is 11.8 Å². The van der Waals surface area contributed by atoms with Crippen molar-refractivity contribution in [1.82, 2.24) is 9.80 Å². The van der Waals surface area contributed by atoms with Crippen molar-refractivity contribution in [1.29, 1.82) is 0 Å². The molecule has 4 aliphatic rings. The number of aliphatic hydroxyl groups is 12. The van der Waals surface area contributed by atoms with E-state index in [2.05, 4.69) is 0 Å². The Morgan fingerprint density at radius 1 is 0.330 bits per heavy atom. The molecule has 6 aromatic carbocycles. The topological polar surface area (TPSA) is 357 Å². The van der Waals surface area contributed by atoms with Crippen LogP contribution in [0.25, 0.3) is 10.8 Å². The quantitative estimate of drug-likeness (QED) is 0.0420. The van der Waals surface area contributed by atoms with Gasteiger partial charge in [0, 0.05) is 11.1 Å². The zero-order chi connectivity index (χ0) is 62.2. The molecule has 0 aromatic heterocycles. The SMILES string of the molecule is O=C(c1ccc2cc(C(=O)N([C@@H]3[C@@H](OCc4ccccc4)O[C@H](CO)[C@@H](O)[C@@H]3O)[C@@H]3[C@@H](OCc4ccccc4)O[C@H](CO)[C@@H](O)[C@@H]3O)ccc2c1)N([C@@H]1[C@@H](OCc2ccccc2)O[C@H](CO)[C@@H](O)[C@@H]1O)[C@@H]1[C@@H](OCc2ccccc2)O[C@H](CO)[C@@H](O)[C@@H]1O. The fraction of sp³-hybridized carbons (Fsp3) is 0.438. The van der Waals surface area contributed by atoms with E-state index in [1.165, 1.54) is 36.4 Å². The zero-order valence-electron chi connectivity index (χ0n) is 47.6. The Balaban J connectivity index is 1.06. The van der Waals surface area contributed by atoms with Crippen molar-refractivity contribution in [2.45, 2.75) is 149 Å². The number of fused-ring (bicyclic) bond motifs is 1. The Morgan fingerprint density at radius 3 is 0.773 bits per heavy atom. The largest absolute Gasteiger partial charge is 0.394 e. The van der Waals surface area contributed by atoms with Crippen LogP contribution in [-0.4, -0.2) is 232 Å². The molecule has 4 aliphatic heterocycles. The molecule has 0 aliphatic carbocycles. The summed E-state index contributed by atoms with van der Waals surface area (Å²) < 4.78 is 49.7. The van der Waals surface area contributed by atoms with Crippen LogP contribution in [0.3, 0.4) is 0 Å². The van der Waals surface area contributed by atoms with Gasteiger partial charge in [0.05, 0.1) is 52.9 Å². The summed E-state index contributed by atoms with van der Waals surface area (Å²) in [6.45, 7) is -3.88. The van der Waals surface area contributed by atoms with E-state index in [0.29, 0.717) is 33.0 Å². The molecule has 6 aromatic rings. The third-order valence-corrected chi connectivity index (χ3v) is 16.5. The molecule has 24 heteroatoms. The third kappa shape index (κ3) is 14.0. The van der Waals surface area contributed by atoms with Gasteiger partial charge in [-0.25, -0.2) is 0 Å². The number of nitrogens with zero attached hydrogens (tertiary/aromatic N) is 2. The first-order chi connectivity index (χ1) is 42.6.